The van der Waals surface area contributed by atoms with Crippen molar-refractivity contribution in [3.63, 3.8) is 0 Å². The zero-order valence-electron chi connectivity index (χ0n) is 13.8. The molecular formula is C16H21ClN4O4. The van der Waals surface area contributed by atoms with Crippen LogP contribution in [0.1, 0.15) is 12.3 Å². The summed E-state index contributed by atoms with van der Waals surface area (Å²) in [5, 5.41) is 20.1. The van der Waals surface area contributed by atoms with E-state index in [-0.39, 0.29) is 18.4 Å². The summed E-state index contributed by atoms with van der Waals surface area (Å²) in [6, 6.07) is 7.57. The molecule has 2 heterocycles. The van der Waals surface area contributed by atoms with Crippen LogP contribution in [0.4, 0.5) is 4.79 Å². The summed E-state index contributed by atoms with van der Waals surface area (Å²) in [4.78, 5) is 12.4. The number of nitrogens with one attached hydrogen (secondary N) is 1. The molecule has 8 nitrogen and oxygen atoms in total. The Labute approximate surface area is 151 Å². The molecule has 25 heavy (non-hydrogen) atoms. The number of nitrogens with zero attached hydrogens (tertiary/aromatic N) is 3. The van der Waals surface area contributed by atoms with Crippen LogP contribution in [0.3, 0.4) is 0 Å². The van der Waals surface area contributed by atoms with Gasteiger partial charge in [-0.15, -0.1) is 22.6 Å². The Morgan fingerprint density at radius 1 is 1.40 bits per heavy atom. The van der Waals surface area contributed by atoms with Gasteiger partial charge >= 0.3 is 6.09 Å². The summed E-state index contributed by atoms with van der Waals surface area (Å²) in [5.74, 6) is 1.76. The molecule has 9 heteroatoms. The fraction of sp³-hybridized carbons (Fsp3) is 0.438. The lowest BCUT2D eigenvalue weighted by Gasteiger charge is -2.31. The van der Waals surface area contributed by atoms with Gasteiger partial charge < -0.3 is 24.5 Å². The minimum Gasteiger partial charge on any atom is -0.494 e. The van der Waals surface area contributed by atoms with Crippen molar-refractivity contribution in [2.24, 2.45) is 0 Å². The monoisotopic (exact) mass is 368 g/mol. The molecule has 0 unspecified atom stereocenters. The van der Waals surface area contributed by atoms with Crippen LogP contribution in [0.2, 0.25) is 0 Å². The van der Waals surface area contributed by atoms with Gasteiger partial charge in [0, 0.05) is 38.2 Å². The van der Waals surface area contributed by atoms with E-state index in [2.05, 4.69) is 15.5 Å². The maximum absolute atomic E-state index is 11.0. The van der Waals surface area contributed by atoms with E-state index in [1.54, 1.807) is 6.92 Å². The molecule has 1 aromatic heterocycles. The summed E-state index contributed by atoms with van der Waals surface area (Å²) >= 11 is 0. The van der Waals surface area contributed by atoms with Crippen molar-refractivity contribution in [3.05, 3.63) is 30.2 Å². The molecule has 2 aromatic rings. The third kappa shape index (κ3) is 5.07. The first kappa shape index (κ1) is 19.0. The topological polar surface area (TPSA) is 101 Å². The van der Waals surface area contributed by atoms with Crippen LogP contribution in [0.5, 0.6) is 5.75 Å². The number of halogens is 1. The Morgan fingerprint density at radius 2 is 2.16 bits per heavy atom. The normalized spacial score (nSPS) is 17.0. The van der Waals surface area contributed by atoms with E-state index in [4.69, 9.17) is 14.3 Å². The van der Waals surface area contributed by atoms with Crippen LogP contribution in [-0.2, 0) is 0 Å². The van der Waals surface area contributed by atoms with Gasteiger partial charge in [-0.05, 0) is 30.7 Å². The van der Waals surface area contributed by atoms with E-state index < -0.39 is 6.09 Å². The van der Waals surface area contributed by atoms with Crippen LogP contribution in [0.25, 0.3) is 11.5 Å². The van der Waals surface area contributed by atoms with Gasteiger partial charge in [0.25, 0.3) is 0 Å². The minimum atomic E-state index is -0.866. The highest BCUT2D eigenvalue weighted by Crippen LogP contribution is 2.21. The Morgan fingerprint density at radius 3 is 2.80 bits per heavy atom. The largest absolute Gasteiger partial charge is 0.494 e. The summed E-state index contributed by atoms with van der Waals surface area (Å²) in [6.45, 7) is 3.97. The van der Waals surface area contributed by atoms with Crippen LogP contribution in [0, 0.1) is 6.92 Å². The molecule has 3 rings (SSSR count). The number of benzene rings is 1. The van der Waals surface area contributed by atoms with Crippen molar-refractivity contribution < 1.29 is 19.1 Å². The molecule has 0 aliphatic carbocycles. The van der Waals surface area contributed by atoms with Crippen molar-refractivity contribution in [1.29, 1.82) is 0 Å². The summed E-state index contributed by atoms with van der Waals surface area (Å²) in [6.07, 6.45) is -0.122. The minimum absolute atomic E-state index is 0. The van der Waals surface area contributed by atoms with Crippen molar-refractivity contribution in [1.82, 2.24) is 20.4 Å². The highest BCUT2D eigenvalue weighted by Gasteiger charge is 2.22. The lowest BCUT2D eigenvalue weighted by Crippen LogP contribution is -2.52. The summed E-state index contributed by atoms with van der Waals surface area (Å²) < 4.78 is 11.1. The Kier molecular flexibility index (Phi) is 6.60. The fourth-order valence-electron chi connectivity index (χ4n) is 2.62. The molecular weight excluding hydrogens is 348 g/mol. The van der Waals surface area contributed by atoms with Gasteiger partial charge in [0.05, 0.1) is 6.61 Å². The van der Waals surface area contributed by atoms with Gasteiger partial charge in [-0.25, -0.2) is 4.79 Å². The van der Waals surface area contributed by atoms with E-state index in [1.807, 2.05) is 24.3 Å². The lowest BCUT2D eigenvalue weighted by molar-refractivity contribution is 0.124. The van der Waals surface area contributed by atoms with Crippen molar-refractivity contribution in [2.75, 3.05) is 26.2 Å². The van der Waals surface area contributed by atoms with Crippen LogP contribution < -0.4 is 10.1 Å². The molecule has 1 aromatic carbocycles. The maximum atomic E-state index is 11.0. The van der Waals surface area contributed by atoms with Crippen LogP contribution >= 0.6 is 12.4 Å². The third-order valence-electron chi connectivity index (χ3n) is 3.89. The van der Waals surface area contributed by atoms with Crippen molar-refractivity contribution in [2.45, 2.75) is 19.4 Å². The average Bonchev–Trinajstić information content (AvgIpc) is 3.02. The average molecular weight is 369 g/mol. The first-order valence-electron chi connectivity index (χ1n) is 7.86. The van der Waals surface area contributed by atoms with E-state index >= 15 is 0 Å². The predicted molar refractivity (Wildman–Crippen MR) is 93.2 cm³/mol. The number of carboxylic acid groups (broad SMARTS) is 1. The SMILES string of the molecule is Cc1nnc(-c2ccc(OCC[C@@H]3CN(C(=O)O)CCN3)cc2)o1.Cl. The molecule has 1 aliphatic heterocycles. The van der Waals surface area contributed by atoms with Crippen LogP contribution in [0.15, 0.2) is 28.7 Å². The number of rotatable bonds is 5. The number of hydrogen-bond donors (Lipinski definition) is 2. The number of hydrogen-bond acceptors (Lipinski definition) is 6. The standard InChI is InChI=1S/C16H20N4O4.ClH/c1-11-18-19-15(24-11)12-2-4-14(5-3-12)23-9-6-13-10-20(16(21)22)8-7-17-13;/h2-5,13,17H,6-10H2,1H3,(H,21,22);1H/t13-;/m1./s1. The number of piperazine rings is 1. The summed E-state index contributed by atoms with van der Waals surface area (Å²) in [5.41, 5.74) is 0.842. The molecule has 0 radical (unpaired) electrons. The van der Waals surface area contributed by atoms with Gasteiger partial charge in [0.15, 0.2) is 0 Å². The molecule has 0 saturated carbocycles. The second kappa shape index (κ2) is 8.68. The molecule has 1 atom stereocenters. The molecule has 1 amide bonds. The lowest BCUT2D eigenvalue weighted by atomic mass is 10.1. The highest BCUT2D eigenvalue weighted by atomic mass is 35.5. The fourth-order valence-corrected chi connectivity index (χ4v) is 2.62. The number of aromatic nitrogens is 2. The second-order valence-electron chi connectivity index (χ2n) is 5.67. The van der Waals surface area contributed by atoms with E-state index in [9.17, 15) is 4.79 Å². The van der Waals surface area contributed by atoms with Gasteiger partial charge in [-0.3, -0.25) is 0 Å². The summed E-state index contributed by atoms with van der Waals surface area (Å²) in [7, 11) is 0. The quantitative estimate of drug-likeness (QED) is 0.834. The molecule has 0 spiro atoms. The Balaban J connectivity index is 0.00000225. The Bertz CT molecular complexity index is 692. The third-order valence-corrected chi connectivity index (χ3v) is 3.89. The van der Waals surface area contributed by atoms with Crippen LogP contribution in [-0.4, -0.2) is 58.6 Å². The van der Waals surface area contributed by atoms with Gasteiger partial charge in [0.1, 0.15) is 5.75 Å². The number of carbonyl (C=O) groups is 1. The zero-order valence-corrected chi connectivity index (χ0v) is 14.7. The number of aryl methyl sites for hydroxylation is 1. The first-order valence-corrected chi connectivity index (χ1v) is 7.86. The number of ether oxygens (including phenoxy) is 1. The van der Waals surface area contributed by atoms with Crippen molar-refractivity contribution >= 4 is 18.5 Å². The highest BCUT2D eigenvalue weighted by molar-refractivity contribution is 5.85. The van der Waals surface area contributed by atoms with Gasteiger partial charge in [-0.2, -0.15) is 0 Å². The van der Waals surface area contributed by atoms with Crippen molar-refractivity contribution in [3.8, 4) is 17.2 Å². The molecule has 0 bridgehead atoms. The Hall–Kier alpha value is -2.32. The van der Waals surface area contributed by atoms with Gasteiger partial charge in [0.2, 0.25) is 11.8 Å². The second-order valence-corrected chi connectivity index (χ2v) is 5.67. The molecule has 1 fully saturated rings. The maximum Gasteiger partial charge on any atom is 0.407 e. The van der Waals surface area contributed by atoms with Gasteiger partial charge in [-0.1, -0.05) is 0 Å². The first-order chi connectivity index (χ1) is 11.6. The van der Waals surface area contributed by atoms with E-state index in [0.29, 0.717) is 38.0 Å². The van der Waals surface area contributed by atoms with E-state index in [0.717, 1.165) is 17.7 Å². The smallest absolute Gasteiger partial charge is 0.407 e. The molecule has 1 aliphatic rings. The molecule has 1 saturated heterocycles. The zero-order chi connectivity index (χ0) is 16.9. The predicted octanol–water partition coefficient (Wildman–Crippen LogP) is 2.19. The molecule has 136 valence electrons. The van der Waals surface area contributed by atoms with E-state index in [1.165, 1.54) is 4.90 Å². The number of amides is 1. The molecule has 2 N–H and O–H groups in total.